The van der Waals surface area contributed by atoms with E-state index < -0.39 is 23.0 Å². The number of nitrogens with zero attached hydrogens (tertiary/aromatic N) is 3. The van der Waals surface area contributed by atoms with Gasteiger partial charge in [-0.3, -0.25) is 0 Å². The van der Waals surface area contributed by atoms with Crippen LogP contribution in [0.3, 0.4) is 0 Å². The average Bonchev–Trinajstić information content (AvgIpc) is 2.57. The number of hydrogen-bond acceptors (Lipinski definition) is 8. The standard InChI is InChI=1S/C14H16ClFN4O3S/c1-24-14-18-10-8(12(22)20-14)13(19-11(15)9(10)16)23-5-6-7(21)3-2-4-17-6/h6-7,17,21H,2-5H2,1H3,(H,18,20,22)/t6-,7-/m1/s1. The smallest absolute Gasteiger partial charge is 0.230 e. The summed E-state index contributed by atoms with van der Waals surface area (Å²) in [5.74, 6) is -1.34. The van der Waals surface area contributed by atoms with E-state index >= 15 is 0 Å². The van der Waals surface area contributed by atoms with Gasteiger partial charge in [0.15, 0.2) is 16.1 Å². The van der Waals surface area contributed by atoms with Gasteiger partial charge in [0, 0.05) is 0 Å². The van der Waals surface area contributed by atoms with Crippen molar-refractivity contribution in [3.63, 3.8) is 0 Å². The largest absolute Gasteiger partial charge is 0.493 e. The minimum atomic E-state index is -0.845. The van der Waals surface area contributed by atoms with E-state index in [1.807, 2.05) is 0 Å². The van der Waals surface area contributed by atoms with E-state index in [4.69, 9.17) is 16.3 Å². The summed E-state index contributed by atoms with van der Waals surface area (Å²) >= 11 is 6.97. The van der Waals surface area contributed by atoms with E-state index in [0.29, 0.717) is 6.42 Å². The molecule has 0 bridgehead atoms. The van der Waals surface area contributed by atoms with Gasteiger partial charge in [-0.15, -0.1) is 0 Å². The number of nitrogens with one attached hydrogen (secondary N) is 1. The number of fused-ring (bicyclic) bond motifs is 1. The molecule has 3 rings (SSSR count). The van der Waals surface area contributed by atoms with Crippen LogP contribution in [0.25, 0.3) is 10.9 Å². The Balaban J connectivity index is 1.96. The molecule has 0 aromatic carbocycles. The van der Waals surface area contributed by atoms with E-state index in [-0.39, 0.29) is 34.6 Å². The third kappa shape index (κ3) is 3.34. The topological polar surface area (TPSA) is 100 Å². The second-order valence-electron chi connectivity index (χ2n) is 5.36. The lowest BCUT2D eigenvalue weighted by Gasteiger charge is -2.28. The normalized spacial score (nSPS) is 21.2. The maximum absolute atomic E-state index is 14.2. The number of halogens is 2. The summed E-state index contributed by atoms with van der Waals surface area (Å²) in [6, 6.07) is -0.284. The first-order valence-electron chi connectivity index (χ1n) is 7.35. The fourth-order valence-corrected chi connectivity index (χ4v) is 3.07. The highest BCUT2D eigenvalue weighted by molar-refractivity contribution is 7.98. The molecule has 10 heteroatoms. The van der Waals surface area contributed by atoms with Crippen molar-refractivity contribution < 1.29 is 19.3 Å². The first-order valence-corrected chi connectivity index (χ1v) is 8.95. The molecule has 3 heterocycles. The first-order chi connectivity index (χ1) is 11.5. The zero-order valence-electron chi connectivity index (χ0n) is 12.8. The van der Waals surface area contributed by atoms with Crippen LogP contribution >= 0.6 is 23.4 Å². The highest BCUT2D eigenvalue weighted by atomic mass is 35.5. The van der Waals surface area contributed by atoms with Crippen molar-refractivity contribution in [2.75, 3.05) is 19.4 Å². The van der Waals surface area contributed by atoms with E-state index in [1.54, 1.807) is 6.26 Å². The number of aliphatic hydroxyl groups is 1. The van der Waals surface area contributed by atoms with Gasteiger partial charge in [0.2, 0.25) is 11.8 Å². The molecule has 3 N–H and O–H groups in total. The predicted octanol–water partition coefficient (Wildman–Crippen LogP) is 1.74. The molecule has 130 valence electrons. The molecule has 0 unspecified atom stereocenters. The van der Waals surface area contributed by atoms with Crippen LogP contribution in [-0.4, -0.2) is 56.7 Å². The van der Waals surface area contributed by atoms with Crippen molar-refractivity contribution in [3.8, 4) is 11.8 Å². The number of piperidine rings is 1. The lowest BCUT2D eigenvalue weighted by Crippen LogP contribution is -2.48. The van der Waals surface area contributed by atoms with Gasteiger partial charge in [-0.05, 0) is 25.6 Å². The summed E-state index contributed by atoms with van der Waals surface area (Å²) in [6.45, 7) is 0.865. The molecule has 1 saturated heterocycles. The van der Waals surface area contributed by atoms with Gasteiger partial charge >= 0.3 is 0 Å². The minimum Gasteiger partial charge on any atom is -0.493 e. The number of hydrogen-bond donors (Lipinski definition) is 3. The highest BCUT2D eigenvalue weighted by Crippen LogP contribution is 2.35. The molecule has 0 aliphatic carbocycles. The summed E-state index contributed by atoms with van der Waals surface area (Å²) in [7, 11) is 0. The number of ether oxygens (including phenoxy) is 1. The van der Waals surface area contributed by atoms with Crippen molar-refractivity contribution >= 4 is 34.3 Å². The Bertz CT molecular complexity index is 767. The van der Waals surface area contributed by atoms with Gasteiger partial charge in [-0.25, -0.2) is 9.37 Å². The molecular weight excluding hydrogens is 359 g/mol. The van der Waals surface area contributed by atoms with Gasteiger partial charge in [-0.1, -0.05) is 23.4 Å². The van der Waals surface area contributed by atoms with Gasteiger partial charge in [-0.2, -0.15) is 9.97 Å². The van der Waals surface area contributed by atoms with Gasteiger partial charge < -0.3 is 20.3 Å². The molecule has 1 aliphatic rings. The quantitative estimate of drug-likeness (QED) is 0.422. The molecule has 7 nitrogen and oxygen atoms in total. The number of rotatable bonds is 4. The maximum atomic E-state index is 14.2. The van der Waals surface area contributed by atoms with Crippen molar-refractivity contribution in [1.82, 2.24) is 20.3 Å². The van der Waals surface area contributed by atoms with E-state index in [2.05, 4.69) is 20.3 Å². The van der Waals surface area contributed by atoms with Gasteiger partial charge in [0.1, 0.15) is 17.5 Å². The van der Waals surface area contributed by atoms with Gasteiger partial charge in [0.05, 0.1) is 12.1 Å². The van der Waals surface area contributed by atoms with E-state index in [0.717, 1.165) is 24.7 Å². The second kappa shape index (κ2) is 7.22. The van der Waals surface area contributed by atoms with Crippen LogP contribution in [0.4, 0.5) is 4.39 Å². The van der Waals surface area contributed by atoms with Crippen molar-refractivity contribution in [1.29, 1.82) is 0 Å². The van der Waals surface area contributed by atoms with E-state index in [9.17, 15) is 14.6 Å². The third-order valence-corrected chi connectivity index (χ3v) is 4.60. The van der Waals surface area contributed by atoms with Crippen LogP contribution in [-0.2, 0) is 0 Å². The number of aliphatic hydroxyl groups excluding tert-OH is 1. The Kier molecular flexibility index (Phi) is 5.24. The molecule has 1 aliphatic heterocycles. The molecule has 0 amide bonds. The average molecular weight is 375 g/mol. The Hall–Kier alpha value is -1.42. The van der Waals surface area contributed by atoms with Crippen LogP contribution in [0.2, 0.25) is 5.15 Å². The number of aromatic hydroxyl groups is 1. The molecule has 0 radical (unpaired) electrons. The SMILES string of the molecule is CSc1nc(O)c2c(OC[C@H]3NCCC[C@H]3O)nc(Cl)c(F)c2n1. The van der Waals surface area contributed by atoms with Crippen molar-refractivity contribution in [2.45, 2.75) is 30.1 Å². The predicted molar refractivity (Wildman–Crippen MR) is 88.3 cm³/mol. The lowest BCUT2D eigenvalue weighted by molar-refractivity contribution is 0.0700. The molecule has 0 saturated carbocycles. The van der Waals surface area contributed by atoms with Crippen LogP contribution in [0.15, 0.2) is 5.16 Å². The minimum absolute atomic E-state index is 0.0417. The number of thioether (sulfide) groups is 1. The van der Waals surface area contributed by atoms with Gasteiger partial charge in [0.25, 0.3) is 0 Å². The van der Waals surface area contributed by atoms with Crippen molar-refractivity contribution in [3.05, 3.63) is 11.0 Å². The lowest BCUT2D eigenvalue weighted by atomic mass is 10.0. The fourth-order valence-electron chi connectivity index (χ4n) is 2.55. The highest BCUT2D eigenvalue weighted by Gasteiger charge is 2.25. The van der Waals surface area contributed by atoms with E-state index in [1.165, 1.54) is 0 Å². The molecule has 1 fully saturated rings. The summed E-state index contributed by atoms with van der Waals surface area (Å²) in [4.78, 5) is 11.7. The molecule has 2 aromatic rings. The summed E-state index contributed by atoms with van der Waals surface area (Å²) in [5, 5.41) is 23.0. The van der Waals surface area contributed by atoms with Crippen LogP contribution < -0.4 is 10.1 Å². The molecule has 0 spiro atoms. The Morgan fingerprint density at radius 3 is 2.92 bits per heavy atom. The molecule has 24 heavy (non-hydrogen) atoms. The number of aromatic nitrogens is 3. The summed E-state index contributed by atoms with van der Waals surface area (Å²) in [6.07, 6.45) is 2.71. The first kappa shape index (κ1) is 17.4. The third-order valence-electron chi connectivity index (χ3n) is 3.80. The maximum Gasteiger partial charge on any atom is 0.230 e. The summed E-state index contributed by atoms with van der Waals surface area (Å²) in [5.41, 5.74) is -0.154. The zero-order chi connectivity index (χ0) is 17.3. The molecular formula is C14H16ClFN4O3S. The second-order valence-corrected chi connectivity index (χ2v) is 6.49. The van der Waals surface area contributed by atoms with Crippen molar-refractivity contribution in [2.24, 2.45) is 0 Å². The number of pyridine rings is 1. The zero-order valence-corrected chi connectivity index (χ0v) is 14.4. The van der Waals surface area contributed by atoms with Crippen LogP contribution in [0, 0.1) is 5.82 Å². The Labute approximate surface area is 146 Å². The Morgan fingerprint density at radius 2 is 2.21 bits per heavy atom. The summed E-state index contributed by atoms with van der Waals surface area (Å²) < 4.78 is 19.8. The molecule has 2 atom stereocenters. The fraction of sp³-hybridized carbons (Fsp3) is 0.500. The monoisotopic (exact) mass is 374 g/mol. The van der Waals surface area contributed by atoms with Crippen LogP contribution in [0.1, 0.15) is 12.8 Å². The molecule has 2 aromatic heterocycles. The van der Waals surface area contributed by atoms with Crippen LogP contribution in [0.5, 0.6) is 11.8 Å². The Morgan fingerprint density at radius 1 is 1.42 bits per heavy atom.